The molecule has 0 heterocycles. The minimum Gasteiger partial charge on any atom is -0.392 e. The van der Waals surface area contributed by atoms with E-state index in [4.69, 9.17) is 17.3 Å². The summed E-state index contributed by atoms with van der Waals surface area (Å²) >= 11 is 13.5. The zero-order valence-corrected chi connectivity index (χ0v) is 11.9. The molecule has 0 radical (unpaired) electrons. The van der Waals surface area contributed by atoms with Gasteiger partial charge in [0.25, 0.3) is 0 Å². The van der Waals surface area contributed by atoms with Crippen molar-refractivity contribution >= 4 is 60.4 Å². The van der Waals surface area contributed by atoms with Crippen LogP contribution in [0.1, 0.15) is 0 Å². The normalized spacial score (nSPS) is 11.1. The minimum atomic E-state index is -3.54. The van der Waals surface area contributed by atoms with Crippen LogP contribution in [0.5, 0.6) is 0 Å². The Bertz CT molecular complexity index is 519. The summed E-state index contributed by atoms with van der Waals surface area (Å²) in [6, 6.07) is 4.67. The van der Waals surface area contributed by atoms with E-state index in [1.807, 2.05) is 0 Å². The fourth-order valence-electron chi connectivity index (χ4n) is 0.963. The summed E-state index contributed by atoms with van der Waals surface area (Å²) in [5.41, 5.74) is 5.56. The molecule has 1 rings (SSSR count). The van der Waals surface area contributed by atoms with E-state index in [9.17, 15) is 8.42 Å². The molecular weight excluding hydrogens is 336 g/mol. The number of benzene rings is 1. The van der Waals surface area contributed by atoms with Crippen LogP contribution in [0.4, 0.5) is 5.69 Å². The van der Waals surface area contributed by atoms with Crippen LogP contribution in [-0.4, -0.2) is 19.2 Å². The molecule has 3 N–H and O–H groups in total. The molecule has 0 atom stereocenters. The van der Waals surface area contributed by atoms with Crippen LogP contribution in [0.3, 0.4) is 0 Å². The number of nitrogens with one attached hydrogen (secondary N) is 1. The first kappa shape index (κ1) is 13.7. The van der Waals surface area contributed by atoms with Crippen LogP contribution in [0, 0.1) is 0 Å². The molecule has 0 saturated carbocycles. The van der Waals surface area contributed by atoms with Crippen molar-refractivity contribution in [2.24, 2.45) is 5.73 Å². The lowest BCUT2D eigenvalue weighted by Gasteiger charge is -2.07. The van der Waals surface area contributed by atoms with Crippen molar-refractivity contribution in [2.45, 2.75) is 0 Å². The number of hydrogen-bond acceptors (Lipinski definition) is 3. The molecule has 0 amide bonds. The van der Waals surface area contributed by atoms with E-state index in [1.54, 1.807) is 18.2 Å². The number of halogens is 2. The Hall–Kier alpha value is -0.370. The molecule has 0 spiro atoms. The molecule has 8 heteroatoms. The number of thiocarbonyl (C=S) groups is 1. The van der Waals surface area contributed by atoms with E-state index in [1.165, 1.54) is 0 Å². The fraction of sp³-hybridized carbons (Fsp3) is 0.125. The van der Waals surface area contributed by atoms with Crippen LogP contribution in [0.2, 0.25) is 5.02 Å². The number of hydrogen-bond donors (Lipinski definition) is 2. The molecule has 1 aromatic carbocycles. The Labute approximate surface area is 112 Å². The monoisotopic (exact) mass is 342 g/mol. The molecule has 0 aliphatic carbocycles. The average Bonchev–Trinajstić information content (AvgIpc) is 2.08. The minimum absolute atomic E-state index is 0.0828. The van der Waals surface area contributed by atoms with E-state index in [0.717, 1.165) is 0 Å². The van der Waals surface area contributed by atoms with Crippen molar-refractivity contribution in [3.05, 3.63) is 27.7 Å². The maximum Gasteiger partial charge on any atom is 0.239 e. The molecule has 4 nitrogen and oxygen atoms in total. The maximum absolute atomic E-state index is 11.5. The van der Waals surface area contributed by atoms with E-state index in [2.05, 4.69) is 32.9 Å². The van der Waals surface area contributed by atoms with Crippen LogP contribution < -0.4 is 10.5 Å². The highest BCUT2D eigenvalue weighted by molar-refractivity contribution is 9.10. The van der Waals surface area contributed by atoms with E-state index < -0.39 is 10.0 Å². The molecule has 88 valence electrons. The molecule has 0 fully saturated rings. The van der Waals surface area contributed by atoms with Gasteiger partial charge in [-0.2, -0.15) is 0 Å². The zero-order chi connectivity index (χ0) is 12.3. The largest absolute Gasteiger partial charge is 0.392 e. The van der Waals surface area contributed by atoms with Crippen molar-refractivity contribution < 1.29 is 8.42 Å². The van der Waals surface area contributed by atoms with Crippen molar-refractivity contribution in [2.75, 3.05) is 10.5 Å². The Morgan fingerprint density at radius 2 is 2.19 bits per heavy atom. The Morgan fingerprint density at radius 1 is 1.56 bits per heavy atom. The Morgan fingerprint density at radius 3 is 2.69 bits per heavy atom. The summed E-state index contributed by atoms with van der Waals surface area (Å²) in [5.74, 6) is -0.386. The molecule has 0 aliphatic rings. The molecule has 0 aromatic heterocycles. The second kappa shape index (κ2) is 5.31. The van der Waals surface area contributed by atoms with Crippen LogP contribution in [0.15, 0.2) is 22.7 Å². The van der Waals surface area contributed by atoms with E-state index in [0.29, 0.717) is 15.2 Å². The van der Waals surface area contributed by atoms with Gasteiger partial charge in [-0.3, -0.25) is 4.72 Å². The zero-order valence-electron chi connectivity index (χ0n) is 7.91. The maximum atomic E-state index is 11.5. The van der Waals surface area contributed by atoms with Gasteiger partial charge in [-0.05, 0) is 34.1 Å². The summed E-state index contributed by atoms with van der Waals surface area (Å²) in [5, 5.41) is 0.497. The lowest BCUT2D eigenvalue weighted by atomic mass is 10.3. The third kappa shape index (κ3) is 4.25. The third-order valence-corrected chi connectivity index (χ3v) is 4.30. The van der Waals surface area contributed by atoms with Crippen molar-refractivity contribution in [3.8, 4) is 0 Å². The van der Waals surface area contributed by atoms with Gasteiger partial charge in [0.15, 0.2) is 0 Å². The molecule has 0 bridgehead atoms. The van der Waals surface area contributed by atoms with Gasteiger partial charge in [-0.25, -0.2) is 8.42 Å². The molecule has 16 heavy (non-hydrogen) atoms. The molecule has 1 aromatic rings. The Kier molecular flexibility index (Phi) is 4.54. The first-order chi connectivity index (χ1) is 7.30. The van der Waals surface area contributed by atoms with Gasteiger partial charge >= 0.3 is 0 Å². The standard InChI is InChI=1S/C8H8BrClN2O2S2/c9-6-3-5(1-2-7(6)10)12-16(13,14)4-8(11)15/h1-3,12H,4H2,(H2,11,15). The van der Waals surface area contributed by atoms with Crippen LogP contribution in [0.25, 0.3) is 0 Å². The summed E-state index contributed by atoms with van der Waals surface area (Å²) in [6.45, 7) is 0. The van der Waals surface area contributed by atoms with Gasteiger partial charge < -0.3 is 5.73 Å². The molecule has 0 aliphatic heterocycles. The summed E-state index contributed by atoms with van der Waals surface area (Å²) < 4.78 is 25.9. The highest BCUT2D eigenvalue weighted by Crippen LogP contribution is 2.25. The van der Waals surface area contributed by atoms with Gasteiger partial charge in [-0.15, -0.1) is 0 Å². The van der Waals surface area contributed by atoms with Crippen LogP contribution in [-0.2, 0) is 10.0 Å². The lowest BCUT2D eigenvalue weighted by molar-refractivity contribution is 0.605. The number of sulfonamides is 1. The number of rotatable bonds is 4. The summed E-state index contributed by atoms with van der Waals surface area (Å²) in [4.78, 5) is -0.0828. The second-order valence-corrected chi connectivity index (χ2v) is 6.46. The van der Waals surface area contributed by atoms with Gasteiger partial charge in [-0.1, -0.05) is 23.8 Å². The average molecular weight is 344 g/mol. The number of nitrogens with two attached hydrogens (primary N) is 1. The predicted molar refractivity (Wildman–Crippen MR) is 73.3 cm³/mol. The molecular formula is C8H8BrClN2O2S2. The first-order valence-corrected chi connectivity index (χ1v) is 7.27. The van der Waals surface area contributed by atoms with Crippen molar-refractivity contribution in [1.82, 2.24) is 0 Å². The lowest BCUT2D eigenvalue weighted by Crippen LogP contribution is -2.26. The van der Waals surface area contributed by atoms with E-state index >= 15 is 0 Å². The van der Waals surface area contributed by atoms with E-state index in [-0.39, 0.29) is 10.7 Å². The number of anilines is 1. The highest BCUT2D eigenvalue weighted by atomic mass is 79.9. The SMILES string of the molecule is NC(=S)CS(=O)(=O)Nc1ccc(Cl)c(Br)c1. The van der Waals surface area contributed by atoms with Crippen molar-refractivity contribution in [3.63, 3.8) is 0 Å². The Balaban J connectivity index is 2.88. The third-order valence-electron chi connectivity index (χ3n) is 1.53. The van der Waals surface area contributed by atoms with Gasteiger partial charge in [0.05, 0.1) is 10.0 Å². The fourth-order valence-corrected chi connectivity index (χ4v) is 2.86. The second-order valence-electron chi connectivity index (χ2n) is 2.96. The molecule has 0 unspecified atom stereocenters. The van der Waals surface area contributed by atoms with Crippen LogP contribution >= 0.6 is 39.7 Å². The topological polar surface area (TPSA) is 72.2 Å². The quantitative estimate of drug-likeness (QED) is 0.822. The summed E-state index contributed by atoms with van der Waals surface area (Å²) in [7, 11) is -3.54. The summed E-state index contributed by atoms with van der Waals surface area (Å²) in [6.07, 6.45) is 0. The molecule has 0 saturated heterocycles. The van der Waals surface area contributed by atoms with Gasteiger partial charge in [0, 0.05) is 10.2 Å². The van der Waals surface area contributed by atoms with Gasteiger partial charge in [0.2, 0.25) is 10.0 Å². The first-order valence-electron chi connectivity index (χ1n) is 4.04. The smallest absolute Gasteiger partial charge is 0.239 e. The van der Waals surface area contributed by atoms with Crippen molar-refractivity contribution in [1.29, 1.82) is 0 Å². The van der Waals surface area contributed by atoms with Gasteiger partial charge in [0.1, 0.15) is 5.75 Å². The predicted octanol–water partition coefficient (Wildman–Crippen LogP) is 2.13. The highest BCUT2D eigenvalue weighted by Gasteiger charge is 2.12.